The average molecular weight is 426 g/mol. The van der Waals surface area contributed by atoms with Crippen molar-refractivity contribution in [3.63, 3.8) is 0 Å². The summed E-state index contributed by atoms with van der Waals surface area (Å²) < 4.78 is 31.5. The van der Waals surface area contributed by atoms with E-state index < -0.39 is 10.0 Å². The fourth-order valence-corrected chi connectivity index (χ4v) is 4.87. The Hall–Kier alpha value is -1.97. The smallest absolute Gasteiger partial charge is 0.309 e. The van der Waals surface area contributed by atoms with Crippen molar-refractivity contribution in [2.24, 2.45) is 5.92 Å². The Balaban J connectivity index is 1.86. The van der Waals surface area contributed by atoms with Crippen molar-refractivity contribution in [1.82, 2.24) is 9.21 Å². The van der Waals surface area contributed by atoms with Gasteiger partial charge in [0.1, 0.15) is 0 Å². The molecule has 1 aliphatic rings. The lowest BCUT2D eigenvalue weighted by Crippen LogP contribution is -2.41. The molecule has 1 aromatic carbocycles. The number of benzene rings is 1. The number of nitrogens with zero attached hydrogens (tertiary/aromatic N) is 2. The van der Waals surface area contributed by atoms with Gasteiger partial charge >= 0.3 is 5.97 Å². The van der Waals surface area contributed by atoms with Crippen LogP contribution < -0.4 is 5.32 Å². The second kappa shape index (κ2) is 10.7. The first-order valence-corrected chi connectivity index (χ1v) is 11.5. The van der Waals surface area contributed by atoms with Crippen LogP contribution in [0.2, 0.25) is 0 Å². The third-order valence-corrected chi connectivity index (χ3v) is 7.12. The van der Waals surface area contributed by atoms with Crippen LogP contribution in [0.4, 0.5) is 5.69 Å². The van der Waals surface area contributed by atoms with Gasteiger partial charge in [-0.15, -0.1) is 0 Å². The number of piperidine rings is 1. The maximum Gasteiger partial charge on any atom is 0.309 e. The van der Waals surface area contributed by atoms with Crippen LogP contribution in [-0.2, 0) is 24.3 Å². The molecule has 8 nitrogen and oxygen atoms in total. The number of anilines is 1. The van der Waals surface area contributed by atoms with E-state index in [1.807, 2.05) is 4.90 Å². The minimum absolute atomic E-state index is 0.0884. The largest absolute Gasteiger partial charge is 0.466 e. The van der Waals surface area contributed by atoms with Gasteiger partial charge in [0.25, 0.3) is 0 Å². The summed E-state index contributed by atoms with van der Waals surface area (Å²) in [7, 11) is -3.51. The van der Waals surface area contributed by atoms with Gasteiger partial charge in [0.2, 0.25) is 15.9 Å². The molecular weight excluding hydrogens is 394 g/mol. The molecule has 29 heavy (non-hydrogen) atoms. The van der Waals surface area contributed by atoms with Gasteiger partial charge in [-0.3, -0.25) is 14.5 Å². The van der Waals surface area contributed by atoms with Crippen LogP contribution in [-0.4, -0.2) is 68.8 Å². The van der Waals surface area contributed by atoms with Crippen LogP contribution >= 0.6 is 0 Å². The molecule has 2 rings (SSSR count). The highest BCUT2D eigenvalue weighted by Crippen LogP contribution is 2.20. The van der Waals surface area contributed by atoms with Gasteiger partial charge in [-0.05, 0) is 57.1 Å². The molecule has 1 fully saturated rings. The molecule has 0 aliphatic carbocycles. The molecule has 1 aliphatic heterocycles. The summed E-state index contributed by atoms with van der Waals surface area (Å²) in [5.74, 6) is -0.412. The lowest BCUT2D eigenvalue weighted by molar-refractivity contribution is -0.149. The Bertz CT molecular complexity index is 783. The van der Waals surface area contributed by atoms with E-state index in [4.69, 9.17) is 4.74 Å². The Labute approximate surface area is 173 Å². The van der Waals surface area contributed by atoms with E-state index in [0.29, 0.717) is 51.3 Å². The summed E-state index contributed by atoms with van der Waals surface area (Å²) in [6.07, 6.45) is 1.37. The van der Waals surface area contributed by atoms with Gasteiger partial charge in [-0.2, -0.15) is 4.31 Å². The molecule has 162 valence electrons. The lowest BCUT2D eigenvalue weighted by Gasteiger charge is -2.30. The number of hydrogen-bond acceptors (Lipinski definition) is 6. The van der Waals surface area contributed by atoms with E-state index in [1.54, 1.807) is 32.9 Å². The van der Waals surface area contributed by atoms with Gasteiger partial charge < -0.3 is 10.1 Å². The maximum absolute atomic E-state index is 12.5. The molecule has 0 radical (unpaired) electrons. The number of sulfonamides is 1. The van der Waals surface area contributed by atoms with E-state index in [0.717, 1.165) is 0 Å². The topological polar surface area (TPSA) is 96.0 Å². The Kier molecular flexibility index (Phi) is 8.60. The fourth-order valence-electron chi connectivity index (χ4n) is 3.41. The number of amides is 1. The number of hydrogen-bond donors (Lipinski definition) is 1. The molecule has 0 spiro atoms. The summed E-state index contributed by atoms with van der Waals surface area (Å²) in [6.45, 7) is 8.15. The monoisotopic (exact) mass is 425 g/mol. The third kappa shape index (κ3) is 6.25. The molecule has 1 N–H and O–H groups in total. The van der Waals surface area contributed by atoms with Crippen LogP contribution in [0.15, 0.2) is 29.2 Å². The van der Waals surface area contributed by atoms with Crippen LogP contribution in [0.3, 0.4) is 0 Å². The van der Waals surface area contributed by atoms with Gasteiger partial charge in [0, 0.05) is 18.8 Å². The third-order valence-electron chi connectivity index (χ3n) is 5.06. The van der Waals surface area contributed by atoms with Gasteiger partial charge in [0.15, 0.2) is 0 Å². The highest BCUT2D eigenvalue weighted by Gasteiger charge is 2.27. The second-order valence-corrected chi connectivity index (χ2v) is 8.90. The van der Waals surface area contributed by atoms with Crippen molar-refractivity contribution in [2.75, 3.05) is 44.6 Å². The zero-order valence-corrected chi connectivity index (χ0v) is 18.2. The highest BCUT2D eigenvalue weighted by atomic mass is 32.2. The zero-order valence-electron chi connectivity index (χ0n) is 17.4. The Morgan fingerprint density at radius 1 is 1.10 bits per heavy atom. The number of carbonyl (C=O) groups is 2. The van der Waals surface area contributed by atoms with E-state index in [9.17, 15) is 18.0 Å². The highest BCUT2D eigenvalue weighted by molar-refractivity contribution is 7.89. The zero-order chi connectivity index (χ0) is 21.4. The maximum atomic E-state index is 12.5. The number of carbonyl (C=O) groups excluding carboxylic acids is 2. The van der Waals surface area contributed by atoms with Gasteiger partial charge in [-0.25, -0.2) is 8.42 Å². The normalized spacial score (nSPS) is 16.0. The number of rotatable bonds is 9. The fraction of sp³-hybridized carbons (Fsp3) is 0.600. The van der Waals surface area contributed by atoms with Crippen molar-refractivity contribution >= 4 is 27.6 Å². The van der Waals surface area contributed by atoms with Crippen LogP contribution in [0.5, 0.6) is 0 Å². The first kappa shape index (κ1) is 23.3. The van der Waals surface area contributed by atoms with Crippen molar-refractivity contribution < 1.29 is 22.7 Å². The number of ether oxygens (including phenoxy) is 1. The minimum atomic E-state index is -3.51. The van der Waals surface area contributed by atoms with Crippen molar-refractivity contribution in [3.05, 3.63) is 24.3 Å². The SMILES string of the molecule is CCOC(=O)C1CCN(CC(=O)Nc2ccc(S(=O)(=O)N(CC)CC)cc2)CC1. The molecule has 1 aromatic rings. The first-order chi connectivity index (χ1) is 13.8. The van der Waals surface area contributed by atoms with Crippen molar-refractivity contribution in [1.29, 1.82) is 0 Å². The summed E-state index contributed by atoms with van der Waals surface area (Å²) in [4.78, 5) is 26.3. The molecule has 1 amide bonds. The lowest BCUT2D eigenvalue weighted by atomic mass is 9.97. The first-order valence-electron chi connectivity index (χ1n) is 10.1. The summed E-state index contributed by atoms with van der Waals surface area (Å²) in [5.41, 5.74) is 0.551. The number of likely N-dealkylation sites (tertiary alicyclic amines) is 1. The predicted octanol–water partition coefficient (Wildman–Crippen LogP) is 1.93. The van der Waals surface area contributed by atoms with Gasteiger partial charge in [0.05, 0.1) is 24.0 Å². The molecule has 1 saturated heterocycles. The Morgan fingerprint density at radius 2 is 1.69 bits per heavy atom. The molecule has 1 heterocycles. The van der Waals surface area contributed by atoms with E-state index in [-0.39, 0.29) is 29.2 Å². The van der Waals surface area contributed by atoms with Crippen LogP contribution in [0.25, 0.3) is 0 Å². The molecular formula is C20H31N3O5S. The van der Waals surface area contributed by atoms with E-state index >= 15 is 0 Å². The summed E-state index contributed by atoms with van der Waals surface area (Å²) in [6, 6.07) is 6.21. The van der Waals surface area contributed by atoms with Crippen LogP contribution in [0, 0.1) is 5.92 Å². The standard InChI is InChI=1S/C20H31N3O5S/c1-4-23(5-2)29(26,27)18-9-7-17(8-10-18)21-19(24)15-22-13-11-16(12-14-22)20(25)28-6-3/h7-10,16H,4-6,11-15H2,1-3H3,(H,21,24). The summed E-state index contributed by atoms with van der Waals surface area (Å²) in [5, 5.41) is 2.80. The molecule has 0 bridgehead atoms. The van der Waals surface area contributed by atoms with Crippen LogP contribution in [0.1, 0.15) is 33.6 Å². The average Bonchev–Trinajstić information content (AvgIpc) is 2.70. The molecule has 0 saturated carbocycles. The molecule has 9 heteroatoms. The molecule has 0 atom stereocenters. The minimum Gasteiger partial charge on any atom is -0.466 e. The molecule has 0 aromatic heterocycles. The van der Waals surface area contributed by atoms with Gasteiger partial charge in [-0.1, -0.05) is 13.8 Å². The number of nitrogens with one attached hydrogen (secondary N) is 1. The van der Waals surface area contributed by atoms with Crippen molar-refractivity contribution in [3.8, 4) is 0 Å². The Morgan fingerprint density at radius 3 is 2.21 bits per heavy atom. The van der Waals surface area contributed by atoms with E-state index in [2.05, 4.69) is 5.32 Å². The number of esters is 1. The van der Waals surface area contributed by atoms with Crippen molar-refractivity contribution in [2.45, 2.75) is 38.5 Å². The quantitative estimate of drug-likeness (QED) is 0.608. The predicted molar refractivity (Wildman–Crippen MR) is 111 cm³/mol. The molecule has 0 unspecified atom stereocenters. The summed E-state index contributed by atoms with van der Waals surface area (Å²) >= 11 is 0. The second-order valence-electron chi connectivity index (χ2n) is 6.96. The van der Waals surface area contributed by atoms with E-state index in [1.165, 1.54) is 16.4 Å².